The van der Waals surface area contributed by atoms with Gasteiger partial charge in [-0.3, -0.25) is 9.69 Å². The van der Waals surface area contributed by atoms with Crippen LogP contribution in [0.5, 0.6) is 5.75 Å². The maximum absolute atomic E-state index is 12.3. The number of carboxylic acid groups (broad SMARTS) is 1. The van der Waals surface area contributed by atoms with E-state index < -0.39 is 17.9 Å². The number of para-hydroxylation sites is 1. The Hall–Kier alpha value is -1.86. The summed E-state index contributed by atoms with van der Waals surface area (Å²) in [6.45, 7) is 1.43. The molecule has 0 radical (unpaired) electrons. The SMILES string of the molecule is COc1ccccc1C=C1SC(=S)N([C@@H](C)C(=O)O)C1=O. The van der Waals surface area contributed by atoms with Gasteiger partial charge in [-0.25, -0.2) is 4.79 Å². The lowest BCUT2D eigenvalue weighted by Crippen LogP contribution is -2.41. The highest BCUT2D eigenvalue weighted by Gasteiger charge is 2.38. The lowest BCUT2D eigenvalue weighted by atomic mass is 10.2. The maximum atomic E-state index is 12.3. The van der Waals surface area contributed by atoms with Gasteiger partial charge in [0.15, 0.2) is 0 Å². The molecule has 1 atom stereocenters. The molecule has 1 N–H and O–H groups in total. The van der Waals surface area contributed by atoms with Crippen molar-refractivity contribution < 1.29 is 19.4 Å². The number of carbonyl (C=O) groups excluding carboxylic acids is 1. The van der Waals surface area contributed by atoms with Crippen molar-refractivity contribution in [1.29, 1.82) is 0 Å². The molecule has 1 aliphatic heterocycles. The quantitative estimate of drug-likeness (QED) is 0.678. The van der Waals surface area contributed by atoms with Gasteiger partial charge in [0.05, 0.1) is 12.0 Å². The largest absolute Gasteiger partial charge is 0.496 e. The number of benzene rings is 1. The zero-order chi connectivity index (χ0) is 15.6. The van der Waals surface area contributed by atoms with Gasteiger partial charge in [-0.1, -0.05) is 42.2 Å². The van der Waals surface area contributed by atoms with E-state index >= 15 is 0 Å². The van der Waals surface area contributed by atoms with Crippen molar-refractivity contribution in [3.63, 3.8) is 0 Å². The summed E-state index contributed by atoms with van der Waals surface area (Å²) in [6.07, 6.45) is 1.66. The van der Waals surface area contributed by atoms with Gasteiger partial charge >= 0.3 is 5.97 Å². The number of rotatable bonds is 4. The van der Waals surface area contributed by atoms with Gasteiger partial charge in [0, 0.05) is 5.56 Å². The number of aliphatic carboxylic acids is 1. The Kier molecular flexibility index (Phi) is 4.64. The molecular weight excluding hydrogens is 310 g/mol. The molecule has 110 valence electrons. The van der Waals surface area contributed by atoms with E-state index in [2.05, 4.69) is 0 Å². The number of ether oxygens (including phenoxy) is 1. The van der Waals surface area contributed by atoms with Gasteiger partial charge in [0.1, 0.15) is 16.1 Å². The number of carbonyl (C=O) groups is 2. The standard InChI is InChI=1S/C14H13NO4S2/c1-8(13(17)18)15-12(16)11(21-14(15)20)7-9-5-3-4-6-10(9)19-2/h3-8H,1-2H3,(H,17,18)/t8-/m0/s1. The van der Waals surface area contributed by atoms with E-state index in [1.807, 2.05) is 18.2 Å². The molecule has 21 heavy (non-hydrogen) atoms. The minimum atomic E-state index is -1.09. The summed E-state index contributed by atoms with van der Waals surface area (Å²) < 4.78 is 5.47. The van der Waals surface area contributed by atoms with Gasteiger partial charge in [-0.2, -0.15) is 0 Å². The monoisotopic (exact) mass is 323 g/mol. The molecule has 1 heterocycles. The molecule has 0 aromatic heterocycles. The van der Waals surface area contributed by atoms with Crippen LogP contribution >= 0.6 is 24.0 Å². The lowest BCUT2D eigenvalue weighted by molar-refractivity contribution is -0.144. The summed E-state index contributed by atoms with van der Waals surface area (Å²) in [6, 6.07) is 6.27. The number of thioether (sulfide) groups is 1. The average molecular weight is 323 g/mol. The Balaban J connectivity index is 2.34. The summed E-state index contributed by atoms with van der Waals surface area (Å²) in [5.74, 6) is -0.857. The summed E-state index contributed by atoms with van der Waals surface area (Å²) in [4.78, 5) is 24.9. The van der Waals surface area contributed by atoms with E-state index in [1.54, 1.807) is 19.3 Å². The van der Waals surface area contributed by atoms with Crippen LogP contribution in [-0.2, 0) is 9.59 Å². The Labute approximate surface area is 131 Å². The van der Waals surface area contributed by atoms with Crippen molar-refractivity contribution in [3.05, 3.63) is 34.7 Å². The second-order valence-electron chi connectivity index (χ2n) is 4.31. The van der Waals surface area contributed by atoms with Crippen LogP contribution in [0.4, 0.5) is 0 Å². The Morgan fingerprint density at radius 1 is 1.48 bits per heavy atom. The van der Waals surface area contributed by atoms with E-state index in [0.717, 1.165) is 22.2 Å². The summed E-state index contributed by atoms with van der Waals surface area (Å²) in [7, 11) is 1.55. The summed E-state index contributed by atoms with van der Waals surface area (Å²) >= 11 is 6.19. The highest BCUT2D eigenvalue weighted by atomic mass is 32.2. The molecule has 0 saturated carbocycles. The number of nitrogens with zero attached hydrogens (tertiary/aromatic N) is 1. The molecule has 1 aromatic rings. The Morgan fingerprint density at radius 3 is 2.76 bits per heavy atom. The minimum absolute atomic E-state index is 0.246. The van der Waals surface area contributed by atoms with E-state index in [9.17, 15) is 9.59 Å². The fraction of sp³-hybridized carbons (Fsp3) is 0.214. The Bertz CT molecular complexity index is 642. The van der Waals surface area contributed by atoms with Gasteiger partial charge in [0.2, 0.25) is 0 Å². The van der Waals surface area contributed by atoms with Crippen LogP contribution in [0.3, 0.4) is 0 Å². The third-order valence-electron chi connectivity index (χ3n) is 2.99. The first-order chi connectivity index (χ1) is 9.95. The predicted molar refractivity (Wildman–Crippen MR) is 85.1 cm³/mol. The zero-order valence-corrected chi connectivity index (χ0v) is 13.0. The van der Waals surface area contributed by atoms with Crippen LogP contribution in [0, 0.1) is 0 Å². The van der Waals surface area contributed by atoms with Crippen LogP contribution in [0.1, 0.15) is 12.5 Å². The van der Waals surface area contributed by atoms with Crippen LogP contribution in [-0.4, -0.2) is 39.4 Å². The molecule has 0 bridgehead atoms. The molecule has 5 nitrogen and oxygen atoms in total. The molecule has 0 unspecified atom stereocenters. The van der Waals surface area contributed by atoms with Crippen molar-refractivity contribution in [2.75, 3.05) is 7.11 Å². The highest BCUT2D eigenvalue weighted by molar-refractivity contribution is 8.26. The van der Waals surface area contributed by atoms with Crippen molar-refractivity contribution in [2.24, 2.45) is 0 Å². The number of carboxylic acids is 1. The molecule has 2 rings (SSSR count). The van der Waals surface area contributed by atoms with Gasteiger partial charge in [0.25, 0.3) is 5.91 Å². The molecule has 1 aliphatic rings. The van der Waals surface area contributed by atoms with Gasteiger partial charge in [-0.15, -0.1) is 0 Å². The fourth-order valence-electron chi connectivity index (χ4n) is 1.85. The first-order valence-electron chi connectivity index (χ1n) is 6.08. The fourth-order valence-corrected chi connectivity index (χ4v) is 3.26. The zero-order valence-electron chi connectivity index (χ0n) is 11.4. The Morgan fingerprint density at radius 2 is 2.14 bits per heavy atom. The van der Waals surface area contributed by atoms with Crippen LogP contribution < -0.4 is 4.74 Å². The molecule has 0 aliphatic carbocycles. The maximum Gasteiger partial charge on any atom is 0.326 e. The van der Waals surface area contributed by atoms with Gasteiger partial charge in [-0.05, 0) is 19.1 Å². The second kappa shape index (κ2) is 6.28. The van der Waals surface area contributed by atoms with E-state index in [0.29, 0.717) is 10.7 Å². The van der Waals surface area contributed by atoms with Crippen LogP contribution in [0.15, 0.2) is 29.2 Å². The van der Waals surface area contributed by atoms with Crippen molar-refractivity contribution in [2.45, 2.75) is 13.0 Å². The number of methoxy groups -OCH3 is 1. The summed E-state index contributed by atoms with van der Waals surface area (Å²) in [5.41, 5.74) is 0.739. The first kappa shape index (κ1) is 15.5. The molecular formula is C14H13NO4S2. The van der Waals surface area contributed by atoms with Crippen LogP contribution in [0.2, 0.25) is 0 Å². The van der Waals surface area contributed by atoms with Crippen molar-refractivity contribution >= 4 is 46.3 Å². The number of amides is 1. The summed E-state index contributed by atoms with van der Waals surface area (Å²) in [5, 5.41) is 9.03. The van der Waals surface area contributed by atoms with Gasteiger partial charge < -0.3 is 9.84 Å². The third kappa shape index (κ3) is 3.08. The third-order valence-corrected chi connectivity index (χ3v) is 4.32. The molecule has 1 amide bonds. The lowest BCUT2D eigenvalue weighted by Gasteiger charge is -2.18. The number of thiocarbonyl (C=S) groups is 1. The molecule has 1 saturated heterocycles. The molecule has 7 heteroatoms. The van der Waals surface area contributed by atoms with E-state index in [1.165, 1.54) is 6.92 Å². The van der Waals surface area contributed by atoms with E-state index in [-0.39, 0.29) is 4.32 Å². The molecule has 0 spiro atoms. The minimum Gasteiger partial charge on any atom is -0.496 e. The first-order valence-corrected chi connectivity index (χ1v) is 7.31. The van der Waals surface area contributed by atoms with E-state index in [4.69, 9.17) is 22.1 Å². The van der Waals surface area contributed by atoms with Crippen molar-refractivity contribution in [1.82, 2.24) is 4.90 Å². The highest BCUT2D eigenvalue weighted by Crippen LogP contribution is 2.35. The number of hydrogen-bond donors (Lipinski definition) is 1. The average Bonchev–Trinajstić information content (AvgIpc) is 2.73. The number of hydrogen-bond acceptors (Lipinski definition) is 5. The topological polar surface area (TPSA) is 66.8 Å². The normalized spacial score (nSPS) is 18.2. The smallest absolute Gasteiger partial charge is 0.326 e. The van der Waals surface area contributed by atoms with Crippen LogP contribution in [0.25, 0.3) is 6.08 Å². The second-order valence-corrected chi connectivity index (χ2v) is 5.98. The molecule has 1 fully saturated rings. The predicted octanol–water partition coefficient (Wildman–Crippen LogP) is 2.37. The van der Waals surface area contributed by atoms with Crippen molar-refractivity contribution in [3.8, 4) is 5.75 Å². The molecule has 1 aromatic carbocycles.